The van der Waals surface area contributed by atoms with Gasteiger partial charge in [0.25, 0.3) is 0 Å². The second-order valence-corrected chi connectivity index (χ2v) is 4.72. The van der Waals surface area contributed by atoms with Crippen LogP contribution in [0.4, 0.5) is 0 Å². The van der Waals surface area contributed by atoms with Gasteiger partial charge in [-0.05, 0) is 45.1 Å². The highest BCUT2D eigenvalue weighted by atomic mass is 15.2. The molecule has 0 N–H and O–H groups in total. The number of allylic oxidation sites excluding steroid dienone is 1. The van der Waals surface area contributed by atoms with Crippen LogP contribution in [0.1, 0.15) is 39.5 Å². The molecule has 1 saturated carbocycles. The van der Waals surface area contributed by atoms with Gasteiger partial charge in [0, 0.05) is 12.6 Å². The van der Waals surface area contributed by atoms with Gasteiger partial charge in [-0.15, -0.1) is 0 Å². The fourth-order valence-electron chi connectivity index (χ4n) is 2.26. The molecule has 2 atom stereocenters. The normalized spacial score (nSPS) is 34.8. The number of nitrogens with zero attached hydrogens (tertiary/aromatic N) is 1. The molecular formula is C12H21N. The second-order valence-electron chi connectivity index (χ2n) is 4.72. The summed E-state index contributed by atoms with van der Waals surface area (Å²) in [5.41, 5.74) is 1.70. The Morgan fingerprint density at radius 1 is 1.38 bits per heavy atom. The maximum atomic E-state index is 2.62. The van der Waals surface area contributed by atoms with Crippen molar-refractivity contribution in [2.45, 2.75) is 45.6 Å². The van der Waals surface area contributed by atoms with Gasteiger partial charge in [-0.3, -0.25) is 4.90 Å². The standard InChI is InChI=1S/C12H21N/c1-10-6-8-13(11(10)2)9-7-12-4-3-5-12/h7,10-11H,3-6,8-9H2,1-2H3. The molecule has 0 bridgehead atoms. The van der Waals surface area contributed by atoms with Crippen LogP contribution < -0.4 is 0 Å². The molecule has 1 aliphatic carbocycles. The summed E-state index contributed by atoms with van der Waals surface area (Å²) in [7, 11) is 0. The van der Waals surface area contributed by atoms with E-state index in [0.717, 1.165) is 12.0 Å². The van der Waals surface area contributed by atoms with Crippen molar-refractivity contribution in [3.05, 3.63) is 11.6 Å². The summed E-state index contributed by atoms with van der Waals surface area (Å²) in [5.74, 6) is 0.903. The largest absolute Gasteiger partial charge is 0.297 e. The first-order chi connectivity index (χ1) is 6.27. The minimum absolute atomic E-state index is 0.803. The molecular weight excluding hydrogens is 158 g/mol. The Balaban J connectivity index is 1.81. The quantitative estimate of drug-likeness (QED) is 0.589. The molecule has 1 nitrogen and oxygen atoms in total. The van der Waals surface area contributed by atoms with E-state index in [9.17, 15) is 0 Å². The summed E-state index contributed by atoms with van der Waals surface area (Å²) >= 11 is 0. The van der Waals surface area contributed by atoms with Gasteiger partial charge in [0.05, 0.1) is 0 Å². The first-order valence-corrected chi connectivity index (χ1v) is 5.69. The molecule has 74 valence electrons. The predicted octanol–water partition coefficient (Wildman–Crippen LogP) is 2.83. The van der Waals surface area contributed by atoms with E-state index in [2.05, 4.69) is 24.8 Å². The molecule has 2 unspecified atom stereocenters. The van der Waals surface area contributed by atoms with E-state index in [1.165, 1.54) is 38.8 Å². The van der Waals surface area contributed by atoms with Crippen molar-refractivity contribution in [3.8, 4) is 0 Å². The van der Waals surface area contributed by atoms with Gasteiger partial charge >= 0.3 is 0 Å². The van der Waals surface area contributed by atoms with Crippen molar-refractivity contribution in [2.24, 2.45) is 5.92 Å². The van der Waals surface area contributed by atoms with Crippen LogP contribution in [0.3, 0.4) is 0 Å². The van der Waals surface area contributed by atoms with Crippen LogP contribution in [-0.4, -0.2) is 24.0 Å². The number of hydrogen-bond donors (Lipinski definition) is 0. The third-order valence-corrected chi connectivity index (χ3v) is 3.88. The van der Waals surface area contributed by atoms with Gasteiger partial charge in [0.2, 0.25) is 0 Å². The lowest BCUT2D eigenvalue weighted by atomic mass is 9.92. The van der Waals surface area contributed by atoms with Crippen LogP contribution in [0, 0.1) is 5.92 Å². The minimum atomic E-state index is 0.803. The van der Waals surface area contributed by atoms with Crippen molar-refractivity contribution in [1.29, 1.82) is 0 Å². The number of hydrogen-bond acceptors (Lipinski definition) is 1. The molecule has 0 radical (unpaired) electrons. The Morgan fingerprint density at radius 3 is 2.62 bits per heavy atom. The summed E-state index contributed by atoms with van der Waals surface area (Å²) in [6.07, 6.45) is 8.04. The Morgan fingerprint density at radius 2 is 2.15 bits per heavy atom. The van der Waals surface area contributed by atoms with E-state index >= 15 is 0 Å². The highest BCUT2D eigenvalue weighted by molar-refractivity contribution is 5.10. The molecule has 0 aromatic rings. The zero-order valence-corrected chi connectivity index (χ0v) is 8.92. The molecule has 0 amide bonds. The average Bonchev–Trinajstić information content (AvgIpc) is 2.33. The van der Waals surface area contributed by atoms with E-state index in [4.69, 9.17) is 0 Å². The van der Waals surface area contributed by atoms with Gasteiger partial charge in [0.1, 0.15) is 0 Å². The average molecular weight is 179 g/mol. The molecule has 0 aromatic heterocycles. The van der Waals surface area contributed by atoms with Gasteiger partial charge in [0.15, 0.2) is 0 Å². The second kappa shape index (κ2) is 3.83. The van der Waals surface area contributed by atoms with Crippen molar-refractivity contribution in [2.75, 3.05) is 13.1 Å². The lowest BCUT2D eigenvalue weighted by Gasteiger charge is -2.23. The lowest BCUT2D eigenvalue weighted by Crippen LogP contribution is -2.29. The van der Waals surface area contributed by atoms with Gasteiger partial charge in [-0.25, -0.2) is 0 Å². The molecule has 1 heteroatoms. The Hall–Kier alpha value is -0.300. The molecule has 2 aliphatic rings. The topological polar surface area (TPSA) is 3.24 Å². The van der Waals surface area contributed by atoms with E-state index in [1.54, 1.807) is 5.57 Å². The van der Waals surface area contributed by atoms with Gasteiger partial charge in [-0.1, -0.05) is 18.6 Å². The van der Waals surface area contributed by atoms with Crippen LogP contribution in [-0.2, 0) is 0 Å². The van der Waals surface area contributed by atoms with Crippen LogP contribution in [0.15, 0.2) is 11.6 Å². The van der Waals surface area contributed by atoms with Crippen LogP contribution in [0.2, 0.25) is 0 Å². The fraction of sp³-hybridized carbons (Fsp3) is 0.833. The zero-order valence-electron chi connectivity index (χ0n) is 8.92. The van der Waals surface area contributed by atoms with Crippen molar-refractivity contribution in [3.63, 3.8) is 0 Å². The summed E-state index contributed by atoms with van der Waals surface area (Å²) in [5, 5.41) is 0. The predicted molar refractivity (Wildman–Crippen MR) is 56.8 cm³/mol. The zero-order chi connectivity index (χ0) is 9.26. The first-order valence-electron chi connectivity index (χ1n) is 5.69. The smallest absolute Gasteiger partial charge is 0.0168 e. The lowest BCUT2D eigenvalue weighted by molar-refractivity contribution is 0.271. The fourth-order valence-corrected chi connectivity index (χ4v) is 2.26. The third kappa shape index (κ3) is 1.96. The summed E-state index contributed by atoms with van der Waals surface area (Å²) in [4.78, 5) is 2.62. The highest BCUT2D eigenvalue weighted by Gasteiger charge is 2.26. The van der Waals surface area contributed by atoms with Crippen LogP contribution >= 0.6 is 0 Å². The number of likely N-dealkylation sites (tertiary alicyclic amines) is 1. The highest BCUT2D eigenvalue weighted by Crippen LogP contribution is 2.27. The molecule has 1 heterocycles. The Kier molecular flexibility index (Phi) is 2.73. The molecule has 0 spiro atoms. The molecule has 2 fully saturated rings. The van der Waals surface area contributed by atoms with Gasteiger partial charge in [-0.2, -0.15) is 0 Å². The van der Waals surface area contributed by atoms with Crippen LogP contribution in [0.25, 0.3) is 0 Å². The molecule has 0 aromatic carbocycles. The number of rotatable bonds is 2. The van der Waals surface area contributed by atoms with E-state index < -0.39 is 0 Å². The van der Waals surface area contributed by atoms with Crippen molar-refractivity contribution < 1.29 is 0 Å². The third-order valence-electron chi connectivity index (χ3n) is 3.88. The SMILES string of the molecule is CC1CCN(CC=C2CCC2)C1C. The molecule has 13 heavy (non-hydrogen) atoms. The monoisotopic (exact) mass is 179 g/mol. The van der Waals surface area contributed by atoms with Crippen LogP contribution in [0.5, 0.6) is 0 Å². The molecule has 1 saturated heterocycles. The summed E-state index contributed by atoms with van der Waals surface area (Å²) in [6.45, 7) is 7.27. The maximum Gasteiger partial charge on any atom is 0.0168 e. The van der Waals surface area contributed by atoms with E-state index in [0.29, 0.717) is 0 Å². The van der Waals surface area contributed by atoms with Gasteiger partial charge < -0.3 is 0 Å². The first kappa shape index (κ1) is 9.26. The molecule has 1 aliphatic heterocycles. The summed E-state index contributed by atoms with van der Waals surface area (Å²) in [6, 6.07) is 0.803. The van der Waals surface area contributed by atoms with E-state index in [1.807, 2.05) is 0 Å². The maximum absolute atomic E-state index is 2.62. The van der Waals surface area contributed by atoms with Crippen molar-refractivity contribution in [1.82, 2.24) is 4.90 Å². The molecule has 2 rings (SSSR count). The Labute approximate surface area is 81.8 Å². The minimum Gasteiger partial charge on any atom is -0.297 e. The summed E-state index contributed by atoms with van der Waals surface area (Å²) < 4.78 is 0. The van der Waals surface area contributed by atoms with E-state index in [-0.39, 0.29) is 0 Å². The van der Waals surface area contributed by atoms with Crippen molar-refractivity contribution >= 4 is 0 Å². The Bertz CT molecular complexity index is 201.